The maximum absolute atomic E-state index is 12.2. The lowest BCUT2D eigenvalue weighted by Crippen LogP contribution is -2.34. The topological polar surface area (TPSA) is 85.9 Å². The van der Waals surface area contributed by atoms with Crippen molar-refractivity contribution in [1.82, 2.24) is 10.6 Å². The summed E-state index contributed by atoms with van der Waals surface area (Å²) in [5, 5.41) is 5.34. The molecular formula is C24H30N2O5. The first-order chi connectivity index (χ1) is 14.7. The third kappa shape index (κ3) is 5.69. The van der Waals surface area contributed by atoms with Crippen molar-refractivity contribution in [1.29, 1.82) is 0 Å². The predicted molar refractivity (Wildman–Crippen MR) is 118 cm³/mol. The van der Waals surface area contributed by atoms with Gasteiger partial charge in [-0.15, -0.1) is 0 Å². The van der Waals surface area contributed by atoms with Gasteiger partial charge in [0.25, 0.3) is 5.91 Å². The average Bonchev–Trinajstić information content (AvgIpc) is 3.13. The van der Waals surface area contributed by atoms with Gasteiger partial charge in [0, 0.05) is 18.5 Å². The molecule has 0 fully saturated rings. The minimum atomic E-state index is -0.525. The molecule has 1 aliphatic rings. The predicted octanol–water partition coefficient (Wildman–Crippen LogP) is 3.78. The first-order valence-corrected chi connectivity index (χ1v) is 10.4. The number of nitrogens with one attached hydrogen (secondary N) is 2. The second-order valence-corrected chi connectivity index (χ2v) is 8.52. The van der Waals surface area contributed by atoms with Gasteiger partial charge < -0.3 is 24.8 Å². The van der Waals surface area contributed by atoms with Crippen LogP contribution < -0.4 is 20.1 Å². The standard InChI is InChI=1S/C24H30N2O5/c1-15-12-18-20(14-30-21(18)19(13-15)22(27)25-5)16-6-8-17(9-7-16)29-11-10-26-23(28)31-24(2,3)4/h6-9,12-13,20H,10-11,14H2,1-5H3,(H,25,27)(H,26,28). The number of alkyl carbamates (subject to hydrolysis) is 1. The molecule has 7 nitrogen and oxygen atoms in total. The number of benzene rings is 2. The minimum Gasteiger partial charge on any atom is -0.492 e. The van der Waals surface area contributed by atoms with E-state index in [4.69, 9.17) is 14.2 Å². The van der Waals surface area contributed by atoms with E-state index in [0.29, 0.717) is 36.8 Å². The quantitative estimate of drug-likeness (QED) is 0.687. The summed E-state index contributed by atoms with van der Waals surface area (Å²) in [6.07, 6.45) is -0.460. The molecule has 2 N–H and O–H groups in total. The van der Waals surface area contributed by atoms with E-state index in [2.05, 4.69) is 16.7 Å². The molecule has 0 aromatic heterocycles. The molecule has 7 heteroatoms. The monoisotopic (exact) mass is 426 g/mol. The average molecular weight is 427 g/mol. The molecule has 1 heterocycles. The van der Waals surface area contributed by atoms with Crippen LogP contribution in [-0.2, 0) is 4.74 Å². The molecule has 1 atom stereocenters. The summed E-state index contributed by atoms with van der Waals surface area (Å²) in [7, 11) is 1.62. The molecule has 0 saturated carbocycles. The van der Waals surface area contributed by atoms with Crippen molar-refractivity contribution in [2.45, 2.75) is 39.2 Å². The summed E-state index contributed by atoms with van der Waals surface area (Å²) < 4.78 is 16.8. The highest BCUT2D eigenvalue weighted by Crippen LogP contribution is 2.41. The van der Waals surface area contributed by atoms with Crippen LogP contribution in [0, 0.1) is 6.92 Å². The van der Waals surface area contributed by atoms with Gasteiger partial charge in [-0.3, -0.25) is 4.79 Å². The van der Waals surface area contributed by atoms with Crippen molar-refractivity contribution in [3.63, 3.8) is 0 Å². The van der Waals surface area contributed by atoms with Gasteiger partial charge in [0.05, 0.1) is 18.7 Å². The number of carbonyl (C=O) groups is 2. The number of ether oxygens (including phenoxy) is 3. The Morgan fingerprint density at radius 3 is 2.52 bits per heavy atom. The third-order valence-corrected chi connectivity index (χ3v) is 4.82. The van der Waals surface area contributed by atoms with Crippen LogP contribution in [0.4, 0.5) is 4.79 Å². The molecule has 0 saturated heterocycles. The molecule has 2 aromatic carbocycles. The Hall–Kier alpha value is -3.22. The Balaban J connectivity index is 1.60. The van der Waals surface area contributed by atoms with E-state index in [1.807, 2.05) is 58.0 Å². The van der Waals surface area contributed by atoms with Crippen LogP contribution >= 0.6 is 0 Å². The first-order valence-electron chi connectivity index (χ1n) is 10.4. The van der Waals surface area contributed by atoms with Gasteiger partial charge >= 0.3 is 6.09 Å². The number of amides is 2. The van der Waals surface area contributed by atoms with E-state index in [9.17, 15) is 9.59 Å². The maximum Gasteiger partial charge on any atom is 0.407 e. The molecular weight excluding hydrogens is 396 g/mol. The second-order valence-electron chi connectivity index (χ2n) is 8.52. The highest BCUT2D eigenvalue weighted by molar-refractivity contribution is 5.97. The van der Waals surface area contributed by atoms with Gasteiger partial charge in [0.1, 0.15) is 23.7 Å². The fraction of sp³-hybridized carbons (Fsp3) is 0.417. The number of carbonyl (C=O) groups excluding carboxylic acids is 2. The number of aryl methyl sites for hydroxylation is 1. The summed E-state index contributed by atoms with van der Waals surface area (Å²) in [5.74, 6) is 1.28. The minimum absolute atomic E-state index is 0.0567. The molecule has 2 aromatic rings. The zero-order valence-corrected chi connectivity index (χ0v) is 18.7. The Labute approximate surface area is 183 Å². The van der Waals surface area contributed by atoms with E-state index < -0.39 is 11.7 Å². The van der Waals surface area contributed by atoms with Crippen LogP contribution in [0.3, 0.4) is 0 Å². The van der Waals surface area contributed by atoms with E-state index in [1.54, 1.807) is 7.05 Å². The molecule has 3 rings (SSSR count). The molecule has 1 aliphatic heterocycles. The highest BCUT2D eigenvalue weighted by Gasteiger charge is 2.30. The normalized spacial score (nSPS) is 14.9. The van der Waals surface area contributed by atoms with E-state index in [-0.39, 0.29) is 11.8 Å². The van der Waals surface area contributed by atoms with Gasteiger partial charge in [-0.05, 0) is 57.0 Å². The lowest BCUT2D eigenvalue weighted by molar-refractivity contribution is 0.0520. The van der Waals surface area contributed by atoms with Crippen molar-refractivity contribution < 1.29 is 23.8 Å². The Morgan fingerprint density at radius 1 is 1.16 bits per heavy atom. The first kappa shape index (κ1) is 22.5. The molecule has 0 bridgehead atoms. The van der Waals surface area contributed by atoms with Gasteiger partial charge in [0.15, 0.2) is 0 Å². The van der Waals surface area contributed by atoms with Crippen molar-refractivity contribution >= 4 is 12.0 Å². The Kier molecular flexibility index (Phi) is 6.73. The zero-order chi connectivity index (χ0) is 22.6. The number of hydrogen-bond acceptors (Lipinski definition) is 5. The molecule has 0 spiro atoms. The molecule has 0 aliphatic carbocycles. The van der Waals surface area contributed by atoms with Crippen molar-refractivity contribution in [3.8, 4) is 11.5 Å². The summed E-state index contributed by atoms with van der Waals surface area (Å²) in [6, 6.07) is 11.7. The number of rotatable bonds is 6. The molecule has 31 heavy (non-hydrogen) atoms. The van der Waals surface area contributed by atoms with Gasteiger partial charge in [-0.25, -0.2) is 4.79 Å². The van der Waals surface area contributed by atoms with Crippen molar-refractivity contribution in [2.24, 2.45) is 0 Å². The highest BCUT2D eigenvalue weighted by atomic mass is 16.6. The van der Waals surface area contributed by atoms with Crippen LogP contribution in [0.25, 0.3) is 0 Å². The molecule has 2 amide bonds. The van der Waals surface area contributed by atoms with Crippen LogP contribution in [0.1, 0.15) is 53.7 Å². The van der Waals surface area contributed by atoms with Crippen LogP contribution in [0.5, 0.6) is 11.5 Å². The Morgan fingerprint density at radius 2 is 1.87 bits per heavy atom. The van der Waals surface area contributed by atoms with Crippen molar-refractivity contribution in [3.05, 3.63) is 58.7 Å². The fourth-order valence-corrected chi connectivity index (χ4v) is 3.49. The van der Waals surface area contributed by atoms with Gasteiger partial charge in [-0.2, -0.15) is 0 Å². The smallest absolute Gasteiger partial charge is 0.407 e. The molecule has 1 unspecified atom stereocenters. The lowest BCUT2D eigenvalue weighted by Gasteiger charge is -2.19. The fourth-order valence-electron chi connectivity index (χ4n) is 3.49. The molecule has 166 valence electrons. The van der Waals surface area contributed by atoms with Crippen LogP contribution in [0.2, 0.25) is 0 Å². The second kappa shape index (κ2) is 9.29. The van der Waals surface area contributed by atoms with E-state index >= 15 is 0 Å². The van der Waals surface area contributed by atoms with E-state index in [0.717, 1.165) is 16.7 Å². The summed E-state index contributed by atoms with van der Waals surface area (Å²) >= 11 is 0. The molecule has 0 radical (unpaired) electrons. The van der Waals surface area contributed by atoms with Gasteiger partial charge in [-0.1, -0.05) is 18.2 Å². The van der Waals surface area contributed by atoms with Crippen LogP contribution in [0.15, 0.2) is 36.4 Å². The summed E-state index contributed by atoms with van der Waals surface area (Å²) in [4.78, 5) is 23.9. The number of hydrogen-bond donors (Lipinski definition) is 2. The van der Waals surface area contributed by atoms with Crippen molar-refractivity contribution in [2.75, 3.05) is 26.8 Å². The third-order valence-electron chi connectivity index (χ3n) is 4.82. The summed E-state index contributed by atoms with van der Waals surface area (Å²) in [5.41, 5.74) is 3.17. The largest absolute Gasteiger partial charge is 0.492 e. The van der Waals surface area contributed by atoms with E-state index in [1.165, 1.54) is 0 Å². The Bertz CT molecular complexity index is 948. The zero-order valence-electron chi connectivity index (χ0n) is 18.7. The SMILES string of the molecule is CNC(=O)c1cc(C)cc2c1OCC2c1ccc(OCCNC(=O)OC(C)(C)C)cc1. The summed E-state index contributed by atoms with van der Waals surface area (Å²) in [6.45, 7) is 8.61. The number of fused-ring (bicyclic) bond motifs is 1. The lowest BCUT2D eigenvalue weighted by atomic mass is 9.90. The maximum atomic E-state index is 12.2. The van der Waals surface area contributed by atoms with Crippen LogP contribution in [-0.4, -0.2) is 44.4 Å². The van der Waals surface area contributed by atoms with Gasteiger partial charge in [0.2, 0.25) is 0 Å².